The highest BCUT2D eigenvalue weighted by molar-refractivity contribution is 7.16. The normalized spacial score (nSPS) is 16.0. The van der Waals surface area contributed by atoms with Gasteiger partial charge < -0.3 is 16.0 Å². The molecule has 3 heterocycles. The van der Waals surface area contributed by atoms with Crippen molar-refractivity contribution in [1.29, 1.82) is 0 Å². The third kappa shape index (κ3) is 5.87. The van der Waals surface area contributed by atoms with E-state index in [9.17, 15) is 9.59 Å². The van der Waals surface area contributed by atoms with Crippen LogP contribution in [0.1, 0.15) is 22.5 Å². The number of nitrogens with zero attached hydrogens (tertiary/aromatic N) is 3. The summed E-state index contributed by atoms with van der Waals surface area (Å²) in [6.07, 6.45) is 6.63. The van der Waals surface area contributed by atoms with E-state index in [0.717, 1.165) is 23.4 Å². The second kappa shape index (κ2) is 11.2. The molecular weight excluding hydrogens is 409 g/mol. The van der Waals surface area contributed by atoms with Crippen molar-refractivity contribution < 1.29 is 9.59 Å². The highest BCUT2D eigenvalue weighted by Crippen LogP contribution is 2.27. The van der Waals surface area contributed by atoms with E-state index in [2.05, 4.69) is 15.3 Å². The molecule has 1 fully saturated rings. The summed E-state index contributed by atoms with van der Waals surface area (Å²) in [6, 6.07) is 3.73. The van der Waals surface area contributed by atoms with E-state index in [1.165, 1.54) is 11.3 Å². The Balaban J connectivity index is 0.00000182. The van der Waals surface area contributed by atoms with Crippen molar-refractivity contribution in [2.45, 2.75) is 12.8 Å². The van der Waals surface area contributed by atoms with Crippen LogP contribution in [0.2, 0.25) is 0 Å². The minimum Gasteiger partial charge on any atom is -0.355 e. The number of thiazole rings is 1. The Labute approximate surface area is 174 Å². The fourth-order valence-corrected chi connectivity index (χ4v) is 3.76. The SMILES string of the molecule is Cl.Cl.NCCNC(=O)C1CCCN(C(=O)c2cnc(-c3ccncc3)s2)C1. The molecule has 0 saturated carbocycles. The molecule has 7 nitrogen and oxygen atoms in total. The number of piperidine rings is 1. The summed E-state index contributed by atoms with van der Waals surface area (Å²) in [4.78, 5) is 35.6. The Morgan fingerprint density at radius 3 is 2.74 bits per heavy atom. The van der Waals surface area contributed by atoms with Gasteiger partial charge in [0.25, 0.3) is 5.91 Å². The number of nitrogens with two attached hydrogens (primary N) is 1. The van der Waals surface area contributed by atoms with Crippen molar-refractivity contribution in [3.05, 3.63) is 35.6 Å². The van der Waals surface area contributed by atoms with Crippen LogP contribution in [0, 0.1) is 5.92 Å². The predicted molar refractivity (Wildman–Crippen MR) is 111 cm³/mol. The van der Waals surface area contributed by atoms with Gasteiger partial charge in [-0.05, 0) is 25.0 Å². The van der Waals surface area contributed by atoms with Crippen molar-refractivity contribution in [3.8, 4) is 10.6 Å². The molecule has 0 bridgehead atoms. The van der Waals surface area contributed by atoms with Crippen molar-refractivity contribution in [1.82, 2.24) is 20.2 Å². The molecular formula is C17H23Cl2N5O2S. The lowest BCUT2D eigenvalue weighted by atomic mass is 9.97. The number of nitrogens with one attached hydrogen (secondary N) is 1. The van der Waals surface area contributed by atoms with Crippen LogP contribution in [0.25, 0.3) is 10.6 Å². The second-order valence-electron chi connectivity index (χ2n) is 5.94. The Morgan fingerprint density at radius 2 is 2.04 bits per heavy atom. The molecule has 0 aliphatic carbocycles. The maximum Gasteiger partial charge on any atom is 0.265 e. The topological polar surface area (TPSA) is 101 Å². The molecule has 2 aromatic rings. The van der Waals surface area contributed by atoms with Gasteiger partial charge >= 0.3 is 0 Å². The minimum atomic E-state index is -0.170. The summed E-state index contributed by atoms with van der Waals surface area (Å²) in [5.41, 5.74) is 6.36. The smallest absolute Gasteiger partial charge is 0.265 e. The van der Waals surface area contributed by atoms with Gasteiger partial charge in [0.05, 0.1) is 12.1 Å². The summed E-state index contributed by atoms with van der Waals surface area (Å²) in [7, 11) is 0. The zero-order valence-electron chi connectivity index (χ0n) is 14.7. The molecule has 148 valence electrons. The monoisotopic (exact) mass is 431 g/mol. The van der Waals surface area contributed by atoms with Crippen LogP contribution in [-0.4, -0.2) is 52.9 Å². The summed E-state index contributed by atoms with van der Waals surface area (Å²) < 4.78 is 0. The summed E-state index contributed by atoms with van der Waals surface area (Å²) >= 11 is 1.36. The summed E-state index contributed by atoms with van der Waals surface area (Å²) in [5, 5.41) is 3.60. The van der Waals surface area contributed by atoms with E-state index in [1.807, 2.05) is 12.1 Å². The lowest BCUT2D eigenvalue weighted by Crippen LogP contribution is -2.46. The number of carbonyl (C=O) groups is 2. The van der Waals surface area contributed by atoms with Gasteiger partial charge in [-0.25, -0.2) is 4.98 Å². The van der Waals surface area contributed by atoms with Crippen LogP contribution in [0.4, 0.5) is 0 Å². The highest BCUT2D eigenvalue weighted by atomic mass is 35.5. The predicted octanol–water partition coefficient (Wildman–Crippen LogP) is 1.98. The fraction of sp³-hybridized carbons (Fsp3) is 0.412. The van der Waals surface area contributed by atoms with Crippen molar-refractivity contribution >= 4 is 48.0 Å². The van der Waals surface area contributed by atoms with Crippen LogP contribution in [-0.2, 0) is 4.79 Å². The van der Waals surface area contributed by atoms with E-state index >= 15 is 0 Å². The molecule has 2 amide bonds. The van der Waals surface area contributed by atoms with E-state index in [-0.39, 0.29) is 42.5 Å². The molecule has 0 radical (unpaired) electrons. The molecule has 3 N–H and O–H groups in total. The first-order valence-electron chi connectivity index (χ1n) is 8.32. The molecule has 27 heavy (non-hydrogen) atoms. The van der Waals surface area contributed by atoms with Crippen LogP contribution >= 0.6 is 36.2 Å². The van der Waals surface area contributed by atoms with Gasteiger partial charge in [0, 0.05) is 44.1 Å². The Kier molecular flexibility index (Phi) is 9.65. The number of hydrogen-bond acceptors (Lipinski definition) is 6. The number of pyridine rings is 1. The fourth-order valence-electron chi connectivity index (χ4n) is 2.87. The van der Waals surface area contributed by atoms with Gasteiger partial charge in [0.1, 0.15) is 9.88 Å². The Hall–Kier alpha value is -1.74. The Morgan fingerprint density at radius 1 is 1.30 bits per heavy atom. The van der Waals surface area contributed by atoms with Gasteiger partial charge in [0.2, 0.25) is 5.91 Å². The van der Waals surface area contributed by atoms with E-state index in [1.54, 1.807) is 23.5 Å². The number of amides is 2. The third-order valence-electron chi connectivity index (χ3n) is 4.17. The van der Waals surface area contributed by atoms with Crippen molar-refractivity contribution in [2.24, 2.45) is 11.7 Å². The van der Waals surface area contributed by atoms with Crippen molar-refractivity contribution in [3.63, 3.8) is 0 Å². The van der Waals surface area contributed by atoms with Gasteiger partial charge in [-0.15, -0.1) is 36.2 Å². The maximum absolute atomic E-state index is 12.8. The molecule has 0 aromatic carbocycles. The standard InChI is InChI=1S/C17H21N5O2S.2ClH/c18-5-8-20-15(23)13-2-1-9-22(11-13)17(24)14-10-21-16(25-14)12-3-6-19-7-4-12;;/h3-4,6-7,10,13H,1-2,5,8-9,11,18H2,(H,20,23);2*1H. The molecule has 10 heteroatoms. The summed E-state index contributed by atoms with van der Waals surface area (Å²) in [6.45, 7) is 1.99. The van der Waals surface area contributed by atoms with Gasteiger partial charge in [-0.2, -0.15) is 0 Å². The largest absolute Gasteiger partial charge is 0.355 e. The van der Waals surface area contributed by atoms with Gasteiger partial charge in [0.15, 0.2) is 0 Å². The average molecular weight is 432 g/mol. The molecule has 1 atom stereocenters. The lowest BCUT2D eigenvalue weighted by Gasteiger charge is -2.31. The molecule has 1 unspecified atom stereocenters. The first-order chi connectivity index (χ1) is 12.2. The zero-order valence-corrected chi connectivity index (χ0v) is 17.1. The highest BCUT2D eigenvalue weighted by Gasteiger charge is 2.29. The molecule has 3 rings (SSSR count). The minimum absolute atomic E-state index is 0. The number of rotatable bonds is 5. The molecule has 0 spiro atoms. The lowest BCUT2D eigenvalue weighted by molar-refractivity contribution is -0.126. The quantitative estimate of drug-likeness (QED) is 0.753. The van der Waals surface area contributed by atoms with Gasteiger partial charge in [-0.1, -0.05) is 0 Å². The van der Waals surface area contributed by atoms with Crippen LogP contribution in [0.3, 0.4) is 0 Å². The Bertz CT molecular complexity index is 744. The molecule has 2 aromatic heterocycles. The number of likely N-dealkylation sites (tertiary alicyclic amines) is 1. The first-order valence-corrected chi connectivity index (χ1v) is 9.14. The molecule has 1 aliphatic rings. The second-order valence-corrected chi connectivity index (χ2v) is 6.97. The number of carbonyl (C=O) groups excluding carboxylic acids is 2. The van der Waals surface area contributed by atoms with E-state index in [4.69, 9.17) is 5.73 Å². The zero-order chi connectivity index (χ0) is 17.6. The van der Waals surface area contributed by atoms with Crippen LogP contribution in [0.5, 0.6) is 0 Å². The maximum atomic E-state index is 12.8. The number of hydrogen-bond donors (Lipinski definition) is 2. The number of halogens is 2. The van der Waals surface area contributed by atoms with Gasteiger partial charge in [-0.3, -0.25) is 14.6 Å². The van der Waals surface area contributed by atoms with E-state index < -0.39 is 0 Å². The van der Waals surface area contributed by atoms with Crippen molar-refractivity contribution in [2.75, 3.05) is 26.2 Å². The summed E-state index contributed by atoms with van der Waals surface area (Å²) in [5.74, 6) is -0.254. The van der Waals surface area contributed by atoms with Crippen LogP contribution < -0.4 is 11.1 Å². The molecule has 1 saturated heterocycles. The van der Waals surface area contributed by atoms with Crippen LogP contribution in [0.15, 0.2) is 30.7 Å². The molecule has 1 aliphatic heterocycles. The average Bonchev–Trinajstić information content (AvgIpc) is 3.16. The van der Waals surface area contributed by atoms with E-state index in [0.29, 0.717) is 31.1 Å². The first kappa shape index (κ1) is 23.3. The third-order valence-corrected chi connectivity index (χ3v) is 5.20. The number of aromatic nitrogens is 2.